The zero-order valence-electron chi connectivity index (χ0n) is 13.8. The molecule has 3 unspecified atom stereocenters. The van der Waals surface area contributed by atoms with Crippen LogP contribution < -0.4 is 0 Å². The fourth-order valence-electron chi connectivity index (χ4n) is 3.66. The number of hydrogen-bond acceptors (Lipinski definition) is 1. The lowest BCUT2D eigenvalue weighted by molar-refractivity contribution is -0.395. The van der Waals surface area contributed by atoms with Crippen molar-refractivity contribution in [2.75, 3.05) is 0 Å². The molecule has 0 heterocycles. The molecule has 1 aliphatic carbocycles. The summed E-state index contributed by atoms with van der Waals surface area (Å²) in [5, 5.41) is 9.40. The van der Waals surface area contributed by atoms with E-state index in [-0.39, 0.29) is 6.92 Å². The molecule has 1 saturated carbocycles. The maximum Gasteiger partial charge on any atom is 0.426 e. The summed E-state index contributed by atoms with van der Waals surface area (Å²) in [5.74, 6) is -6.87. The highest BCUT2D eigenvalue weighted by atomic mass is 19.4. The molecular formula is C14H16F12O. The Balaban J connectivity index is 3.50. The Morgan fingerprint density at radius 3 is 1.22 bits per heavy atom. The Morgan fingerprint density at radius 1 is 0.593 bits per heavy atom. The lowest BCUT2D eigenvalue weighted by atomic mass is 9.60. The lowest BCUT2D eigenvalue weighted by Crippen LogP contribution is -2.64. The van der Waals surface area contributed by atoms with Gasteiger partial charge in [-0.15, -0.1) is 0 Å². The van der Waals surface area contributed by atoms with Gasteiger partial charge in [-0.05, 0) is 38.0 Å². The standard InChI is InChI=1S/C14H16F12O/c1-6-3-7(9(2,11(15,16)17)12(18,19)20)5-8(4-6)10(27,13(21,22)23)14(24,25)26/h6-8,27H,3-5H2,1-2H3. The lowest BCUT2D eigenvalue weighted by Gasteiger charge is -2.49. The van der Waals surface area contributed by atoms with Gasteiger partial charge in [0.15, 0.2) is 5.41 Å². The molecule has 0 aliphatic heterocycles. The first-order valence-electron chi connectivity index (χ1n) is 7.60. The van der Waals surface area contributed by atoms with Crippen LogP contribution in [0, 0.1) is 23.2 Å². The van der Waals surface area contributed by atoms with Crippen molar-refractivity contribution in [3.05, 3.63) is 0 Å². The van der Waals surface area contributed by atoms with Gasteiger partial charge in [0.1, 0.15) is 0 Å². The van der Waals surface area contributed by atoms with Crippen LogP contribution in [-0.4, -0.2) is 35.4 Å². The summed E-state index contributed by atoms with van der Waals surface area (Å²) < 4.78 is 157. The van der Waals surface area contributed by atoms with Crippen LogP contribution in [0.4, 0.5) is 52.7 Å². The smallest absolute Gasteiger partial charge is 0.373 e. The Bertz CT molecular complexity index is 452. The molecule has 0 aromatic carbocycles. The number of alkyl halides is 12. The van der Waals surface area contributed by atoms with E-state index in [1.54, 1.807) is 0 Å². The van der Waals surface area contributed by atoms with E-state index in [9.17, 15) is 57.8 Å². The molecule has 1 nitrogen and oxygen atoms in total. The third-order valence-corrected chi connectivity index (χ3v) is 5.39. The normalized spacial score (nSPS) is 27.0. The molecule has 27 heavy (non-hydrogen) atoms. The Hall–Kier alpha value is -0.880. The molecule has 0 aromatic rings. The van der Waals surface area contributed by atoms with E-state index in [4.69, 9.17) is 0 Å². The zero-order valence-corrected chi connectivity index (χ0v) is 13.8. The van der Waals surface area contributed by atoms with Gasteiger partial charge in [-0.3, -0.25) is 0 Å². The van der Waals surface area contributed by atoms with Gasteiger partial charge in [-0.1, -0.05) is 6.92 Å². The summed E-state index contributed by atoms with van der Waals surface area (Å²) in [5.41, 5.74) is -9.93. The van der Waals surface area contributed by atoms with Gasteiger partial charge in [0.2, 0.25) is 0 Å². The van der Waals surface area contributed by atoms with E-state index >= 15 is 0 Å². The quantitative estimate of drug-likeness (QED) is 0.533. The first-order valence-corrected chi connectivity index (χ1v) is 7.60. The summed E-state index contributed by atoms with van der Waals surface area (Å²) >= 11 is 0. The van der Waals surface area contributed by atoms with Crippen molar-refractivity contribution < 1.29 is 57.8 Å². The molecule has 0 bridgehead atoms. The van der Waals surface area contributed by atoms with Crippen molar-refractivity contribution in [3.63, 3.8) is 0 Å². The third kappa shape index (κ3) is 3.84. The molecule has 1 N–H and O–H groups in total. The highest BCUT2D eigenvalue weighted by Gasteiger charge is 2.76. The van der Waals surface area contributed by atoms with Gasteiger partial charge < -0.3 is 5.11 Å². The molecular weight excluding hydrogens is 412 g/mol. The topological polar surface area (TPSA) is 20.2 Å². The van der Waals surface area contributed by atoms with E-state index in [1.165, 1.54) is 0 Å². The zero-order chi connectivity index (χ0) is 21.9. The van der Waals surface area contributed by atoms with Crippen molar-refractivity contribution in [2.24, 2.45) is 23.2 Å². The van der Waals surface area contributed by atoms with Gasteiger partial charge >= 0.3 is 24.7 Å². The summed E-state index contributed by atoms with van der Waals surface area (Å²) in [7, 11) is 0. The maximum atomic E-state index is 13.2. The van der Waals surface area contributed by atoms with Gasteiger partial charge in [0, 0.05) is 5.92 Å². The summed E-state index contributed by atoms with van der Waals surface area (Å²) in [4.78, 5) is 0. The highest BCUT2D eigenvalue weighted by Crippen LogP contribution is 2.62. The van der Waals surface area contributed by atoms with E-state index in [1.807, 2.05) is 0 Å². The first kappa shape index (κ1) is 24.2. The molecule has 0 spiro atoms. The number of halogens is 12. The fraction of sp³-hybridized carbons (Fsp3) is 1.00. The minimum absolute atomic E-state index is 0.285. The molecule has 0 amide bonds. The van der Waals surface area contributed by atoms with Crippen molar-refractivity contribution in [2.45, 2.75) is 63.4 Å². The van der Waals surface area contributed by atoms with Gasteiger partial charge in [-0.2, -0.15) is 52.7 Å². The average molecular weight is 428 g/mol. The predicted molar refractivity (Wildman–Crippen MR) is 67.3 cm³/mol. The average Bonchev–Trinajstić information content (AvgIpc) is 2.39. The van der Waals surface area contributed by atoms with Crippen molar-refractivity contribution in [3.8, 4) is 0 Å². The van der Waals surface area contributed by atoms with Crippen LogP contribution in [0.3, 0.4) is 0 Å². The van der Waals surface area contributed by atoms with E-state index in [2.05, 4.69) is 0 Å². The van der Waals surface area contributed by atoms with Crippen molar-refractivity contribution >= 4 is 0 Å². The molecule has 1 fully saturated rings. The van der Waals surface area contributed by atoms with Crippen LogP contribution in [0.2, 0.25) is 0 Å². The number of aliphatic hydroxyl groups is 1. The van der Waals surface area contributed by atoms with Crippen LogP contribution in [0.15, 0.2) is 0 Å². The van der Waals surface area contributed by atoms with Gasteiger partial charge in [-0.25, -0.2) is 0 Å². The SMILES string of the molecule is CC1CC(C(C)(C(F)(F)F)C(F)(F)F)CC(C(O)(C(F)(F)F)C(F)(F)F)C1. The van der Waals surface area contributed by atoms with E-state index in [0.717, 1.165) is 6.92 Å². The van der Waals surface area contributed by atoms with Crippen LogP contribution in [0.25, 0.3) is 0 Å². The maximum absolute atomic E-state index is 13.2. The summed E-state index contributed by atoms with van der Waals surface area (Å²) in [6.45, 7) is 0.659. The van der Waals surface area contributed by atoms with Crippen LogP contribution >= 0.6 is 0 Å². The molecule has 1 aliphatic rings. The van der Waals surface area contributed by atoms with Crippen molar-refractivity contribution in [1.82, 2.24) is 0 Å². The Kier molecular flexibility index (Phi) is 5.89. The van der Waals surface area contributed by atoms with Crippen LogP contribution in [0.5, 0.6) is 0 Å². The fourth-order valence-corrected chi connectivity index (χ4v) is 3.66. The Morgan fingerprint density at radius 2 is 0.926 bits per heavy atom. The van der Waals surface area contributed by atoms with Crippen LogP contribution in [-0.2, 0) is 0 Å². The predicted octanol–water partition coefficient (Wildman–Crippen LogP) is 6.03. The molecule has 13 heteroatoms. The number of rotatable bonds is 2. The van der Waals surface area contributed by atoms with Crippen LogP contribution in [0.1, 0.15) is 33.1 Å². The minimum atomic E-state index is -6.33. The summed E-state index contributed by atoms with van der Waals surface area (Å²) in [6, 6.07) is 0. The molecule has 1 rings (SSSR count). The van der Waals surface area contributed by atoms with Gasteiger partial charge in [0.05, 0.1) is 0 Å². The molecule has 162 valence electrons. The highest BCUT2D eigenvalue weighted by molar-refractivity contribution is 5.05. The summed E-state index contributed by atoms with van der Waals surface area (Å²) in [6.07, 6.45) is -28.3. The second kappa shape index (κ2) is 6.58. The minimum Gasteiger partial charge on any atom is -0.373 e. The second-order valence-electron chi connectivity index (χ2n) is 7.17. The second-order valence-corrected chi connectivity index (χ2v) is 7.17. The number of hydrogen-bond donors (Lipinski definition) is 1. The van der Waals surface area contributed by atoms with Gasteiger partial charge in [0.25, 0.3) is 5.60 Å². The first-order chi connectivity index (χ1) is 11.6. The van der Waals surface area contributed by atoms with E-state index < -0.39 is 72.7 Å². The molecule has 3 atom stereocenters. The third-order valence-electron chi connectivity index (χ3n) is 5.39. The Labute approximate surface area is 145 Å². The monoisotopic (exact) mass is 428 g/mol. The van der Waals surface area contributed by atoms with Crippen molar-refractivity contribution in [1.29, 1.82) is 0 Å². The molecule has 0 aromatic heterocycles. The molecule has 0 radical (unpaired) electrons. The van der Waals surface area contributed by atoms with E-state index in [0.29, 0.717) is 0 Å². The largest absolute Gasteiger partial charge is 0.426 e. The molecule has 0 saturated heterocycles.